The van der Waals surface area contributed by atoms with E-state index in [1.807, 2.05) is 13.0 Å². The zero-order chi connectivity index (χ0) is 13.7. The van der Waals surface area contributed by atoms with E-state index in [1.165, 1.54) is 30.4 Å². The van der Waals surface area contributed by atoms with Gasteiger partial charge in [-0.05, 0) is 25.0 Å². The fourth-order valence-corrected chi connectivity index (χ4v) is 2.47. The summed E-state index contributed by atoms with van der Waals surface area (Å²) >= 11 is 1.47. The van der Waals surface area contributed by atoms with Crippen molar-refractivity contribution in [2.45, 2.75) is 20.3 Å². The average Bonchev–Trinajstić information content (AvgIpc) is 2.75. The fraction of sp³-hybridized carbons (Fsp3) is 0.500. The lowest BCUT2D eigenvalue weighted by atomic mass is 10.2. The first-order valence-electron chi connectivity index (χ1n) is 5.67. The molecule has 0 fully saturated rings. The van der Waals surface area contributed by atoms with Crippen LogP contribution in [0.2, 0.25) is 0 Å². The SMILES string of the molecule is CCc1sc(C(=O)NCC(=O)N(C)OC)cc1C. The van der Waals surface area contributed by atoms with Crippen molar-refractivity contribution in [3.63, 3.8) is 0 Å². The third kappa shape index (κ3) is 3.54. The van der Waals surface area contributed by atoms with E-state index in [0.29, 0.717) is 4.88 Å². The van der Waals surface area contributed by atoms with E-state index in [0.717, 1.165) is 17.0 Å². The van der Waals surface area contributed by atoms with Crippen LogP contribution in [0.4, 0.5) is 0 Å². The molecule has 0 saturated heterocycles. The highest BCUT2D eigenvalue weighted by molar-refractivity contribution is 7.14. The molecule has 1 N–H and O–H groups in total. The van der Waals surface area contributed by atoms with Gasteiger partial charge in [0.05, 0.1) is 18.5 Å². The predicted octanol–water partition coefficient (Wildman–Crippen LogP) is 1.37. The third-order valence-corrected chi connectivity index (χ3v) is 3.97. The minimum Gasteiger partial charge on any atom is -0.342 e. The highest BCUT2D eigenvalue weighted by atomic mass is 32.1. The molecule has 100 valence electrons. The van der Waals surface area contributed by atoms with Crippen molar-refractivity contribution in [2.75, 3.05) is 20.7 Å². The number of likely N-dealkylation sites (N-methyl/N-ethyl adjacent to an activating group) is 1. The highest BCUT2D eigenvalue weighted by Gasteiger charge is 2.14. The van der Waals surface area contributed by atoms with Crippen molar-refractivity contribution in [3.8, 4) is 0 Å². The molecule has 1 aromatic rings. The summed E-state index contributed by atoms with van der Waals surface area (Å²) in [7, 11) is 2.90. The number of nitrogens with zero attached hydrogens (tertiary/aromatic N) is 1. The maximum atomic E-state index is 11.8. The number of rotatable bonds is 5. The van der Waals surface area contributed by atoms with Crippen LogP contribution in [0.3, 0.4) is 0 Å². The van der Waals surface area contributed by atoms with E-state index in [2.05, 4.69) is 12.2 Å². The molecule has 0 aliphatic carbocycles. The Morgan fingerprint density at radius 3 is 2.67 bits per heavy atom. The topological polar surface area (TPSA) is 58.6 Å². The molecule has 0 radical (unpaired) electrons. The van der Waals surface area contributed by atoms with Gasteiger partial charge in [-0.25, -0.2) is 5.06 Å². The molecule has 0 aliphatic rings. The van der Waals surface area contributed by atoms with Crippen LogP contribution in [0.5, 0.6) is 0 Å². The van der Waals surface area contributed by atoms with E-state index in [-0.39, 0.29) is 18.4 Å². The Hall–Kier alpha value is -1.40. The lowest BCUT2D eigenvalue weighted by molar-refractivity contribution is -0.167. The number of carbonyl (C=O) groups is 2. The smallest absolute Gasteiger partial charge is 0.265 e. The average molecular weight is 270 g/mol. The molecule has 0 aromatic carbocycles. The van der Waals surface area contributed by atoms with Gasteiger partial charge >= 0.3 is 0 Å². The minimum atomic E-state index is -0.296. The van der Waals surface area contributed by atoms with E-state index < -0.39 is 0 Å². The van der Waals surface area contributed by atoms with E-state index >= 15 is 0 Å². The van der Waals surface area contributed by atoms with Gasteiger partial charge in [0.15, 0.2) is 0 Å². The summed E-state index contributed by atoms with van der Waals surface area (Å²) in [4.78, 5) is 29.8. The molecule has 0 unspecified atom stereocenters. The van der Waals surface area contributed by atoms with E-state index in [4.69, 9.17) is 4.84 Å². The maximum absolute atomic E-state index is 11.8. The van der Waals surface area contributed by atoms with E-state index in [1.54, 1.807) is 0 Å². The molecule has 0 saturated carbocycles. The molecule has 0 atom stereocenters. The van der Waals surface area contributed by atoms with Crippen LogP contribution in [-0.4, -0.2) is 37.6 Å². The quantitative estimate of drug-likeness (QED) is 0.822. The van der Waals surface area contributed by atoms with Crippen LogP contribution in [0, 0.1) is 6.92 Å². The van der Waals surface area contributed by atoms with Crippen molar-refractivity contribution >= 4 is 23.2 Å². The second-order valence-electron chi connectivity index (χ2n) is 3.83. The van der Waals surface area contributed by atoms with Crippen molar-refractivity contribution in [1.82, 2.24) is 10.4 Å². The molecular weight excluding hydrogens is 252 g/mol. The lowest BCUT2D eigenvalue weighted by Crippen LogP contribution is -2.37. The molecule has 1 aromatic heterocycles. The summed E-state index contributed by atoms with van der Waals surface area (Å²) in [5, 5.41) is 3.66. The highest BCUT2D eigenvalue weighted by Crippen LogP contribution is 2.22. The molecule has 2 amide bonds. The van der Waals surface area contributed by atoms with Crippen LogP contribution in [-0.2, 0) is 16.1 Å². The Bertz CT molecular complexity index is 443. The number of nitrogens with one attached hydrogen (secondary N) is 1. The Labute approximate surface area is 111 Å². The van der Waals surface area contributed by atoms with Crippen LogP contribution in [0.25, 0.3) is 0 Å². The summed E-state index contributed by atoms with van der Waals surface area (Å²) in [6, 6.07) is 1.85. The molecule has 18 heavy (non-hydrogen) atoms. The largest absolute Gasteiger partial charge is 0.342 e. The van der Waals surface area contributed by atoms with Gasteiger partial charge in [0.1, 0.15) is 0 Å². The number of hydrogen-bond donors (Lipinski definition) is 1. The van der Waals surface area contributed by atoms with Crippen LogP contribution in [0.15, 0.2) is 6.07 Å². The second-order valence-corrected chi connectivity index (χ2v) is 4.96. The molecule has 5 nitrogen and oxygen atoms in total. The molecule has 1 rings (SSSR count). The van der Waals surface area contributed by atoms with Gasteiger partial charge in [-0.2, -0.15) is 0 Å². The number of carbonyl (C=O) groups excluding carboxylic acids is 2. The van der Waals surface area contributed by atoms with Gasteiger partial charge in [-0.3, -0.25) is 14.4 Å². The molecular formula is C12H18N2O3S. The van der Waals surface area contributed by atoms with Crippen LogP contribution in [0.1, 0.15) is 27.0 Å². The Morgan fingerprint density at radius 1 is 1.50 bits per heavy atom. The number of hydrogen-bond acceptors (Lipinski definition) is 4. The Morgan fingerprint density at radius 2 is 2.17 bits per heavy atom. The summed E-state index contributed by atoms with van der Waals surface area (Å²) in [5.41, 5.74) is 1.12. The number of thiophene rings is 1. The number of aryl methyl sites for hydroxylation is 2. The van der Waals surface area contributed by atoms with Crippen LogP contribution < -0.4 is 5.32 Å². The second kappa shape index (κ2) is 6.51. The van der Waals surface area contributed by atoms with Gasteiger partial charge in [0.2, 0.25) is 0 Å². The first-order valence-corrected chi connectivity index (χ1v) is 6.49. The van der Waals surface area contributed by atoms with Crippen molar-refractivity contribution in [2.24, 2.45) is 0 Å². The zero-order valence-corrected chi connectivity index (χ0v) is 11.9. The number of hydroxylamine groups is 2. The molecule has 6 heteroatoms. The monoisotopic (exact) mass is 270 g/mol. The lowest BCUT2D eigenvalue weighted by Gasteiger charge is -2.13. The summed E-state index contributed by atoms with van der Waals surface area (Å²) < 4.78 is 0. The third-order valence-electron chi connectivity index (χ3n) is 2.59. The summed E-state index contributed by atoms with van der Waals surface area (Å²) in [5.74, 6) is -0.518. The van der Waals surface area contributed by atoms with Gasteiger partial charge in [-0.15, -0.1) is 11.3 Å². The Kier molecular flexibility index (Phi) is 5.30. The Balaban J connectivity index is 2.57. The van der Waals surface area contributed by atoms with Crippen molar-refractivity contribution in [3.05, 3.63) is 21.4 Å². The first kappa shape index (κ1) is 14.7. The minimum absolute atomic E-state index is 0.0679. The van der Waals surface area contributed by atoms with Crippen molar-refractivity contribution < 1.29 is 14.4 Å². The predicted molar refractivity (Wildman–Crippen MR) is 70.5 cm³/mol. The summed E-state index contributed by atoms with van der Waals surface area (Å²) in [6.45, 7) is 3.97. The van der Waals surface area contributed by atoms with E-state index in [9.17, 15) is 9.59 Å². The standard InChI is InChI=1S/C12H18N2O3S/c1-5-9-8(2)6-10(18-9)12(16)13-7-11(15)14(3)17-4/h6H,5,7H2,1-4H3,(H,13,16). The van der Waals surface area contributed by atoms with Gasteiger partial charge in [0, 0.05) is 11.9 Å². The van der Waals surface area contributed by atoms with Gasteiger partial charge in [0.25, 0.3) is 11.8 Å². The normalized spacial score (nSPS) is 10.2. The fourth-order valence-electron chi connectivity index (χ4n) is 1.44. The van der Waals surface area contributed by atoms with Gasteiger partial charge < -0.3 is 5.32 Å². The van der Waals surface area contributed by atoms with Gasteiger partial charge in [-0.1, -0.05) is 6.92 Å². The molecule has 1 heterocycles. The summed E-state index contributed by atoms with van der Waals surface area (Å²) in [6.07, 6.45) is 0.912. The molecule has 0 bridgehead atoms. The van der Waals surface area contributed by atoms with Crippen molar-refractivity contribution in [1.29, 1.82) is 0 Å². The molecule has 0 spiro atoms. The maximum Gasteiger partial charge on any atom is 0.265 e. The first-order chi connectivity index (χ1) is 8.49. The molecule has 0 aliphatic heterocycles. The zero-order valence-electron chi connectivity index (χ0n) is 11.1. The number of amides is 2. The van der Waals surface area contributed by atoms with Crippen LogP contribution >= 0.6 is 11.3 Å².